The van der Waals surface area contributed by atoms with E-state index in [4.69, 9.17) is 4.52 Å². The lowest BCUT2D eigenvalue weighted by molar-refractivity contribution is 0.102. The van der Waals surface area contributed by atoms with Crippen LogP contribution in [0.15, 0.2) is 53.3 Å². The molecular formula is C31H39N7O2. The smallest absolute Gasteiger partial charge is 0.258 e. The molecule has 9 heteroatoms. The number of hydrogen-bond acceptors (Lipinski definition) is 7. The minimum atomic E-state index is -0.324. The highest BCUT2D eigenvalue weighted by atomic mass is 16.5. The largest absolute Gasteiger partial charge is 0.359 e. The van der Waals surface area contributed by atoms with E-state index in [0.29, 0.717) is 34.8 Å². The van der Waals surface area contributed by atoms with Crippen molar-refractivity contribution < 1.29 is 9.32 Å². The summed E-state index contributed by atoms with van der Waals surface area (Å²) in [7, 11) is 0. The van der Waals surface area contributed by atoms with Gasteiger partial charge >= 0.3 is 0 Å². The predicted molar refractivity (Wildman–Crippen MR) is 156 cm³/mol. The van der Waals surface area contributed by atoms with E-state index in [0.717, 1.165) is 23.4 Å². The second-order valence-electron chi connectivity index (χ2n) is 12.1. The van der Waals surface area contributed by atoms with E-state index >= 15 is 0 Å². The fourth-order valence-electron chi connectivity index (χ4n) is 5.13. The molecule has 1 aliphatic rings. The summed E-state index contributed by atoms with van der Waals surface area (Å²) in [5.41, 5.74) is 4.76. The Morgan fingerprint density at radius 2 is 1.93 bits per heavy atom. The minimum Gasteiger partial charge on any atom is -0.359 e. The highest BCUT2D eigenvalue weighted by Crippen LogP contribution is 2.27. The van der Waals surface area contributed by atoms with Gasteiger partial charge in [-0.2, -0.15) is 0 Å². The van der Waals surface area contributed by atoms with Gasteiger partial charge in [0.25, 0.3) is 5.91 Å². The molecule has 40 heavy (non-hydrogen) atoms. The highest BCUT2D eigenvalue weighted by Gasteiger charge is 2.22. The van der Waals surface area contributed by atoms with Gasteiger partial charge < -0.3 is 14.7 Å². The molecule has 0 saturated carbocycles. The normalized spacial score (nSPS) is 15.1. The van der Waals surface area contributed by atoms with Crippen molar-refractivity contribution in [1.82, 2.24) is 30.0 Å². The van der Waals surface area contributed by atoms with Gasteiger partial charge in [-0.15, -0.1) is 5.10 Å². The quantitative estimate of drug-likeness (QED) is 0.314. The minimum absolute atomic E-state index is 0.204. The molecule has 1 N–H and O–H groups in total. The van der Waals surface area contributed by atoms with Crippen molar-refractivity contribution in [2.45, 2.75) is 72.3 Å². The number of amides is 1. The fourth-order valence-corrected chi connectivity index (χ4v) is 5.13. The van der Waals surface area contributed by atoms with Crippen molar-refractivity contribution in [2.24, 2.45) is 5.92 Å². The Bertz CT molecular complexity index is 1470. The van der Waals surface area contributed by atoms with Crippen molar-refractivity contribution in [3.05, 3.63) is 71.4 Å². The summed E-state index contributed by atoms with van der Waals surface area (Å²) in [5, 5.41) is 15.6. The number of benzene rings is 1. The second-order valence-corrected chi connectivity index (χ2v) is 12.1. The number of aryl methyl sites for hydroxylation is 1. The molecule has 5 rings (SSSR count). The molecular weight excluding hydrogens is 502 g/mol. The van der Waals surface area contributed by atoms with Crippen LogP contribution in [0.5, 0.6) is 0 Å². The first-order valence-corrected chi connectivity index (χ1v) is 14.1. The zero-order valence-corrected chi connectivity index (χ0v) is 24.3. The zero-order valence-electron chi connectivity index (χ0n) is 24.3. The standard InChI is InChI=1S/C31H39N7O2/c1-20(2)37-12-10-22(11-13-37)14-23-8-7-9-24(15-23)26-19-38(36-34-26)27-16-25(18-32-21(27)3)30(39)33-29-17-28(40-35-29)31(4,5)6/h7-9,15-20,22H,10-14H2,1-6H3,(H,33,35,39). The Labute approximate surface area is 236 Å². The maximum atomic E-state index is 13.0. The van der Waals surface area contributed by atoms with Gasteiger partial charge in [-0.3, -0.25) is 9.78 Å². The monoisotopic (exact) mass is 541 g/mol. The SMILES string of the molecule is Cc1ncc(C(=O)Nc2cc(C(C)(C)C)on2)cc1-n1cc(-c2cccc(CC3CCN(C(C)C)CC3)c2)nn1. The number of anilines is 1. The Morgan fingerprint density at radius 3 is 2.62 bits per heavy atom. The van der Waals surface area contributed by atoms with E-state index < -0.39 is 0 Å². The zero-order chi connectivity index (χ0) is 28.4. The van der Waals surface area contributed by atoms with Crippen molar-refractivity contribution in [3.8, 4) is 16.9 Å². The van der Waals surface area contributed by atoms with Crippen molar-refractivity contribution in [3.63, 3.8) is 0 Å². The molecule has 0 aliphatic carbocycles. The van der Waals surface area contributed by atoms with Crippen LogP contribution in [-0.4, -0.2) is 55.1 Å². The predicted octanol–water partition coefficient (Wildman–Crippen LogP) is 5.84. The number of piperidine rings is 1. The Balaban J connectivity index is 1.29. The van der Waals surface area contributed by atoms with Gasteiger partial charge in [-0.25, -0.2) is 4.68 Å². The molecule has 4 aromatic rings. The average Bonchev–Trinajstić information content (AvgIpc) is 3.60. The molecule has 4 heterocycles. The van der Waals surface area contributed by atoms with Gasteiger partial charge in [0.15, 0.2) is 5.82 Å². The van der Waals surface area contributed by atoms with Crippen LogP contribution in [0.2, 0.25) is 0 Å². The molecule has 0 bridgehead atoms. The number of pyridine rings is 1. The number of carbonyl (C=O) groups is 1. The van der Waals surface area contributed by atoms with E-state index in [2.05, 4.69) is 68.8 Å². The lowest BCUT2D eigenvalue weighted by Gasteiger charge is -2.34. The first kappa shape index (κ1) is 27.7. The van der Waals surface area contributed by atoms with Crippen LogP contribution in [0.4, 0.5) is 5.82 Å². The molecule has 1 fully saturated rings. The first-order valence-electron chi connectivity index (χ1n) is 14.1. The van der Waals surface area contributed by atoms with Crippen LogP contribution in [-0.2, 0) is 11.8 Å². The van der Waals surface area contributed by atoms with Gasteiger partial charge in [0.05, 0.1) is 23.1 Å². The molecule has 0 spiro atoms. The first-order chi connectivity index (χ1) is 19.1. The molecule has 1 amide bonds. The van der Waals surface area contributed by atoms with Crippen LogP contribution in [0.25, 0.3) is 16.9 Å². The molecule has 0 radical (unpaired) electrons. The number of carbonyl (C=O) groups excluding carboxylic acids is 1. The van der Waals surface area contributed by atoms with E-state index in [9.17, 15) is 4.79 Å². The van der Waals surface area contributed by atoms with Crippen molar-refractivity contribution >= 4 is 11.7 Å². The summed E-state index contributed by atoms with van der Waals surface area (Å²) in [4.78, 5) is 20.0. The summed E-state index contributed by atoms with van der Waals surface area (Å²) in [6.07, 6.45) is 6.99. The van der Waals surface area contributed by atoms with Gasteiger partial charge in [-0.05, 0) is 76.7 Å². The van der Waals surface area contributed by atoms with Crippen molar-refractivity contribution in [2.75, 3.05) is 18.4 Å². The summed E-state index contributed by atoms with van der Waals surface area (Å²) in [5.74, 6) is 1.45. The van der Waals surface area contributed by atoms with Crippen LogP contribution < -0.4 is 5.32 Å². The number of rotatable bonds is 7. The number of nitrogens with zero attached hydrogens (tertiary/aromatic N) is 6. The summed E-state index contributed by atoms with van der Waals surface area (Å²) < 4.78 is 7.06. The third kappa shape index (κ3) is 6.31. The summed E-state index contributed by atoms with van der Waals surface area (Å²) in [6.45, 7) is 14.9. The molecule has 1 aliphatic heterocycles. The van der Waals surface area contributed by atoms with Crippen LogP contribution in [0.3, 0.4) is 0 Å². The van der Waals surface area contributed by atoms with Crippen LogP contribution in [0.1, 0.15) is 74.8 Å². The average molecular weight is 542 g/mol. The maximum absolute atomic E-state index is 13.0. The fraction of sp³-hybridized carbons (Fsp3) is 0.452. The van der Waals surface area contributed by atoms with Gasteiger partial charge in [0.2, 0.25) is 0 Å². The number of aromatic nitrogens is 5. The van der Waals surface area contributed by atoms with Gasteiger partial charge in [0, 0.05) is 29.3 Å². The molecule has 9 nitrogen and oxygen atoms in total. The maximum Gasteiger partial charge on any atom is 0.258 e. The second kappa shape index (κ2) is 11.3. The summed E-state index contributed by atoms with van der Waals surface area (Å²) in [6, 6.07) is 12.7. The molecule has 0 atom stereocenters. The lowest BCUT2D eigenvalue weighted by atomic mass is 9.89. The third-order valence-corrected chi connectivity index (χ3v) is 7.68. The molecule has 3 aromatic heterocycles. The molecule has 1 aromatic carbocycles. The highest BCUT2D eigenvalue weighted by molar-refractivity contribution is 6.03. The number of likely N-dealkylation sites (tertiary alicyclic amines) is 1. The van der Waals surface area contributed by atoms with Gasteiger partial charge in [-0.1, -0.05) is 49.3 Å². The Hall–Kier alpha value is -3.85. The van der Waals surface area contributed by atoms with Gasteiger partial charge in [0.1, 0.15) is 11.5 Å². The molecule has 1 saturated heterocycles. The lowest BCUT2D eigenvalue weighted by Crippen LogP contribution is -2.38. The van der Waals surface area contributed by atoms with Crippen LogP contribution in [0, 0.1) is 12.8 Å². The third-order valence-electron chi connectivity index (χ3n) is 7.68. The summed E-state index contributed by atoms with van der Waals surface area (Å²) >= 11 is 0. The molecule has 210 valence electrons. The van der Waals surface area contributed by atoms with Crippen molar-refractivity contribution in [1.29, 1.82) is 0 Å². The molecule has 0 unspecified atom stereocenters. The topological polar surface area (TPSA) is 102 Å². The number of hydrogen-bond donors (Lipinski definition) is 1. The van der Waals surface area contributed by atoms with E-state index in [1.807, 2.05) is 33.9 Å². The Morgan fingerprint density at radius 1 is 1.15 bits per heavy atom. The van der Waals surface area contributed by atoms with E-state index in [-0.39, 0.29) is 11.3 Å². The van der Waals surface area contributed by atoms with E-state index in [1.54, 1.807) is 23.0 Å². The van der Waals surface area contributed by atoms with E-state index in [1.165, 1.54) is 31.5 Å². The Kier molecular flexibility index (Phi) is 7.85. The van der Waals surface area contributed by atoms with Crippen LogP contribution >= 0.6 is 0 Å². The number of nitrogens with one attached hydrogen (secondary N) is 1.